The molecule has 1 aliphatic carbocycles. The normalized spacial score (nSPS) is 38.5. The van der Waals surface area contributed by atoms with Crippen LogP contribution in [0.1, 0.15) is 6.92 Å². The summed E-state index contributed by atoms with van der Waals surface area (Å²) in [6.45, 7) is 2.35. The van der Waals surface area contributed by atoms with Crippen molar-refractivity contribution in [2.75, 3.05) is 6.61 Å². The fourth-order valence-corrected chi connectivity index (χ4v) is 2.73. The summed E-state index contributed by atoms with van der Waals surface area (Å²) in [4.78, 5) is 11.1. The fourth-order valence-electron chi connectivity index (χ4n) is 1.47. The SMILES string of the molecule is CCOC(=O)[C@H]1[C@@H]2C=CS[C@@H]21. The number of fused-ring (bicyclic) bond motifs is 1. The second kappa shape index (κ2) is 2.55. The van der Waals surface area contributed by atoms with E-state index in [1.165, 1.54) is 0 Å². The first-order valence-corrected chi connectivity index (χ1v) is 4.77. The lowest BCUT2D eigenvalue weighted by atomic mass is 10.3. The van der Waals surface area contributed by atoms with Crippen molar-refractivity contribution < 1.29 is 9.53 Å². The maximum absolute atomic E-state index is 11.1. The van der Waals surface area contributed by atoms with E-state index in [1.54, 1.807) is 11.8 Å². The second-order valence-electron chi connectivity index (χ2n) is 2.78. The van der Waals surface area contributed by atoms with Gasteiger partial charge in [0.2, 0.25) is 0 Å². The Morgan fingerprint density at radius 2 is 2.55 bits per heavy atom. The first kappa shape index (κ1) is 7.22. The molecule has 2 nitrogen and oxygen atoms in total. The molecule has 0 aromatic heterocycles. The minimum Gasteiger partial charge on any atom is -0.466 e. The molecule has 0 bridgehead atoms. The molecule has 0 aromatic carbocycles. The van der Waals surface area contributed by atoms with Crippen LogP contribution in [0.5, 0.6) is 0 Å². The molecule has 0 unspecified atom stereocenters. The highest BCUT2D eigenvalue weighted by Gasteiger charge is 2.56. The molecule has 0 saturated heterocycles. The number of hydrogen-bond donors (Lipinski definition) is 0. The molecular formula is C8H10O2S. The van der Waals surface area contributed by atoms with E-state index in [4.69, 9.17) is 4.74 Å². The molecule has 0 amide bonds. The Hall–Kier alpha value is -0.440. The maximum atomic E-state index is 11.1. The van der Waals surface area contributed by atoms with Gasteiger partial charge in [-0.05, 0) is 12.3 Å². The van der Waals surface area contributed by atoms with Crippen LogP contribution in [-0.2, 0) is 9.53 Å². The van der Waals surface area contributed by atoms with Crippen molar-refractivity contribution in [1.82, 2.24) is 0 Å². The lowest BCUT2D eigenvalue weighted by Crippen LogP contribution is -2.09. The van der Waals surface area contributed by atoms with E-state index in [0.29, 0.717) is 17.8 Å². The lowest BCUT2D eigenvalue weighted by molar-refractivity contribution is -0.144. The van der Waals surface area contributed by atoms with Crippen LogP contribution in [0.2, 0.25) is 0 Å². The van der Waals surface area contributed by atoms with Gasteiger partial charge in [-0.15, -0.1) is 11.8 Å². The molecule has 0 spiro atoms. The number of carbonyl (C=O) groups excluding carboxylic acids is 1. The highest BCUT2D eigenvalue weighted by molar-refractivity contribution is 8.03. The topological polar surface area (TPSA) is 26.3 Å². The highest BCUT2D eigenvalue weighted by Crippen LogP contribution is 2.54. The summed E-state index contributed by atoms with van der Waals surface area (Å²) in [6.07, 6.45) is 2.11. The first-order chi connectivity index (χ1) is 5.34. The molecule has 1 heterocycles. The maximum Gasteiger partial charge on any atom is 0.310 e. The molecule has 0 radical (unpaired) electrons. The van der Waals surface area contributed by atoms with Gasteiger partial charge in [0.15, 0.2) is 0 Å². The number of esters is 1. The molecule has 0 N–H and O–H groups in total. The van der Waals surface area contributed by atoms with Gasteiger partial charge in [-0.3, -0.25) is 4.79 Å². The van der Waals surface area contributed by atoms with Gasteiger partial charge in [-0.2, -0.15) is 0 Å². The molecule has 3 atom stereocenters. The Morgan fingerprint density at radius 3 is 3.09 bits per heavy atom. The fraction of sp³-hybridized carbons (Fsp3) is 0.625. The van der Waals surface area contributed by atoms with Crippen molar-refractivity contribution in [3.8, 4) is 0 Å². The van der Waals surface area contributed by atoms with E-state index < -0.39 is 0 Å². The summed E-state index contributed by atoms with van der Waals surface area (Å²) in [5.74, 6) is 0.642. The number of carbonyl (C=O) groups is 1. The zero-order chi connectivity index (χ0) is 7.84. The van der Waals surface area contributed by atoms with Crippen LogP contribution in [-0.4, -0.2) is 17.8 Å². The van der Waals surface area contributed by atoms with Crippen molar-refractivity contribution >= 4 is 17.7 Å². The summed E-state index contributed by atoms with van der Waals surface area (Å²) >= 11 is 1.75. The molecule has 2 rings (SSSR count). The largest absolute Gasteiger partial charge is 0.466 e. The molecular weight excluding hydrogens is 160 g/mol. The molecule has 2 aliphatic rings. The van der Waals surface area contributed by atoms with Crippen molar-refractivity contribution in [3.63, 3.8) is 0 Å². The molecule has 11 heavy (non-hydrogen) atoms. The second-order valence-corrected chi connectivity index (χ2v) is 3.87. The van der Waals surface area contributed by atoms with Crippen molar-refractivity contribution in [2.24, 2.45) is 11.8 Å². The Kier molecular flexibility index (Phi) is 1.68. The predicted molar refractivity (Wildman–Crippen MR) is 44.1 cm³/mol. The van der Waals surface area contributed by atoms with E-state index in [1.807, 2.05) is 6.92 Å². The van der Waals surface area contributed by atoms with Crippen molar-refractivity contribution in [1.29, 1.82) is 0 Å². The van der Waals surface area contributed by atoms with Crippen LogP contribution < -0.4 is 0 Å². The van der Waals surface area contributed by atoms with E-state index in [0.717, 1.165) is 0 Å². The molecule has 1 aliphatic heterocycles. The van der Waals surface area contributed by atoms with Gasteiger partial charge >= 0.3 is 5.97 Å². The van der Waals surface area contributed by atoms with Crippen LogP contribution in [0.3, 0.4) is 0 Å². The quantitative estimate of drug-likeness (QED) is 0.586. The number of rotatable bonds is 2. The molecule has 1 saturated carbocycles. The number of thioether (sulfide) groups is 1. The molecule has 60 valence electrons. The Balaban J connectivity index is 1.90. The van der Waals surface area contributed by atoms with Gasteiger partial charge in [-0.1, -0.05) is 6.08 Å². The lowest BCUT2D eigenvalue weighted by Gasteiger charge is -1.99. The monoisotopic (exact) mass is 170 g/mol. The number of ether oxygens (including phenoxy) is 1. The van der Waals surface area contributed by atoms with Gasteiger partial charge in [0.25, 0.3) is 0 Å². The summed E-state index contributed by atoms with van der Waals surface area (Å²) in [5, 5.41) is 2.58. The smallest absolute Gasteiger partial charge is 0.310 e. The average Bonchev–Trinajstić information content (AvgIpc) is 2.47. The summed E-state index contributed by atoms with van der Waals surface area (Å²) in [5.41, 5.74) is 0. The molecule has 1 fully saturated rings. The standard InChI is InChI=1S/C8H10O2S/c1-2-10-8(9)6-5-3-4-11-7(5)6/h3-7H,2H2,1H3/t5-,6-,7-/m0/s1. The van der Waals surface area contributed by atoms with Crippen LogP contribution >= 0.6 is 11.8 Å². The summed E-state index contributed by atoms with van der Waals surface area (Å²) in [7, 11) is 0. The van der Waals surface area contributed by atoms with Gasteiger partial charge < -0.3 is 4.74 Å². The highest BCUT2D eigenvalue weighted by atomic mass is 32.2. The van der Waals surface area contributed by atoms with Crippen LogP contribution in [0.15, 0.2) is 11.5 Å². The predicted octanol–water partition coefficient (Wildman–Crippen LogP) is 1.42. The first-order valence-electron chi connectivity index (χ1n) is 3.83. The summed E-state index contributed by atoms with van der Waals surface area (Å²) < 4.78 is 4.92. The summed E-state index contributed by atoms with van der Waals surface area (Å²) in [6, 6.07) is 0. The average molecular weight is 170 g/mol. The molecule has 0 aromatic rings. The third kappa shape index (κ3) is 1.07. The Labute approximate surface area is 70.0 Å². The van der Waals surface area contributed by atoms with Crippen molar-refractivity contribution in [2.45, 2.75) is 12.2 Å². The molecule has 3 heteroatoms. The third-order valence-corrected chi connectivity index (χ3v) is 3.34. The van der Waals surface area contributed by atoms with E-state index in [9.17, 15) is 4.79 Å². The zero-order valence-electron chi connectivity index (χ0n) is 6.32. The van der Waals surface area contributed by atoms with Gasteiger partial charge in [0.05, 0.1) is 12.5 Å². The minimum absolute atomic E-state index is 0.0145. The van der Waals surface area contributed by atoms with Gasteiger partial charge in [-0.25, -0.2) is 0 Å². The van der Waals surface area contributed by atoms with E-state index in [2.05, 4.69) is 11.5 Å². The van der Waals surface area contributed by atoms with Gasteiger partial charge in [0.1, 0.15) is 0 Å². The van der Waals surface area contributed by atoms with Crippen LogP contribution in [0, 0.1) is 11.8 Å². The van der Waals surface area contributed by atoms with E-state index >= 15 is 0 Å². The van der Waals surface area contributed by atoms with Crippen LogP contribution in [0.25, 0.3) is 0 Å². The van der Waals surface area contributed by atoms with E-state index in [-0.39, 0.29) is 11.9 Å². The minimum atomic E-state index is -0.0145. The zero-order valence-corrected chi connectivity index (χ0v) is 7.14. The number of allylic oxidation sites excluding steroid dienone is 1. The van der Waals surface area contributed by atoms with Crippen molar-refractivity contribution in [3.05, 3.63) is 11.5 Å². The van der Waals surface area contributed by atoms with Gasteiger partial charge in [0, 0.05) is 11.2 Å². The third-order valence-electron chi connectivity index (χ3n) is 2.10. The Bertz CT molecular complexity index is 212. The Morgan fingerprint density at radius 1 is 1.73 bits per heavy atom. The van der Waals surface area contributed by atoms with Crippen LogP contribution in [0.4, 0.5) is 0 Å². The number of hydrogen-bond acceptors (Lipinski definition) is 3.